The smallest absolute Gasteiger partial charge is 0.323 e. The molecule has 42 heavy (non-hydrogen) atoms. The Labute approximate surface area is 254 Å². The molecule has 0 radical (unpaired) electrons. The minimum absolute atomic E-state index is 0.109. The lowest BCUT2D eigenvalue weighted by molar-refractivity contribution is -0.136. The number of para-hydroxylation sites is 1. The molecule has 3 heterocycles. The zero-order valence-corrected chi connectivity index (χ0v) is 24.4. The molecular formula is C33H31ClN4O3S. The number of urea groups is 1. The number of thiophene rings is 1. The SMILES string of the molecule is O=C(c1ccccc1)C1C(c2ccc(Cl)cc2)C(C(=O)N2CCNCC2)N(C(=O)Nc2ccccc2)C1c1cccs1. The molecule has 0 saturated carbocycles. The molecule has 0 bridgehead atoms. The third kappa shape index (κ3) is 5.57. The zero-order valence-electron chi connectivity index (χ0n) is 22.9. The van der Waals surface area contributed by atoms with Gasteiger partial charge in [-0.2, -0.15) is 0 Å². The van der Waals surface area contributed by atoms with Crippen LogP contribution in [0.2, 0.25) is 5.02 Å². The molecule has 3 aromatic carbocycles. The lowest BCUT2D eigenvalue weighted by atomic mass is 9.77. The average Bonchev–Trinajstić information content (AvgIpc) is 3.69. The maximum atomic E-state index is 14.6. The fraction of sp³-hybridized carbons (Fsp3) is 0.242. The van der Waals surface area contributed by atoms with Gasteiger partial charge in [-0.15, -0.1) is 11.3 Å². The molecule has 4 aromatic rings. The number of carbonyl (C=O) groups excluding carboxylic acids is 3. The van der Waals surface area contributed by atoms with E-state index < -0.39 is 30.0 Å². The molecule has 2 fully saturated rings. The molecular weight excluding hydrogens is 568 g/mol. The Balaban J connectivity index is 1.55. The number of hydrogen-bond acceptors (Lipinski definition) is 5. The third-order valence-corrected chi connectivity index (χ3v) is 9.25. The van der Waals surface area contributed by atoms with E-state index in [2.05, 4.69) is 10.6 Å². The van der Waals surface area contributed by atoms with E-state index in [1.807, 2.05) is 83.1 Å². The highest BCUT2D eigenvalue weighted by Gasteiger charge is 2.58. The topological polar surface area (TPSA) is 81.8 Å². The largest absolute Gasteiger partial charge is 0.338 e. The number of hydrogen-bond donors (Lipinski definition) is 2. The van der Waals surface area contributed by atoms with Crippen molar-refractivity contribution < 1.29 is 14.4 Å². The summed E-state index contributed by atoms with van der Waals surface area (Å²) in [4.78, 5) is 47.8. The van der Waals surface area contributed by atoms with Crippen LogP contribution in [0, 0.1) is 5.92 Å². The number of Topliss-reactive ketones (excluding diaryl/α,β-unsaturated/α-hetero) is 1. The minimum Gasteiger partial charge on any atom is -0.338 e. The van der Waals surface area contributed by atoms with E-state index in [0.717, 1.165) is 10.4 Å². The van der Waals surface area contributed by atoms with E-state index in [4.69, 9.17) is 11.6 Å². The van der Waals surface area contributed by atoms with Gasteiger partial charge in [-0.05, 0) is 41.3 Å². The maximum absolute atomic E-state index is 14.6. The first-order valence-corrected chi connectivity index (χ1v) is 15.3. The summed E-state index contributed by atoms with van der Waals surface area (Å²) in [6.07, 6.45) is 0. The van der Waals surface area contributed by atoms with Gasteiger partial charge in [-0.25, -0.2) is 4.79 Å². The van der Waals surface area contributed by atoms with Gasteiger partial charge in [0.2, 0.25) is 5.91 Å². The van der Waals surface area contributed by atoms with Gasteiger partial charge in [0, 0.05) is 53.2 Å². The number of anilines is 1. The number of ketones is 1. The van der Waals surface area contributed by atoms with Crippen molar-refractivity contribution in [3.05, 3.63) is 123 Å². The van der Waals surface area contributed by atoms with Gasteiger partial charge in [0.05, 0.1) is 12.0 Å². The average molecular weight is 599 g/mol. The first kappa shape index (κ1) is 28.2. The summed E-state index contributed by atoms with van der Waals surface area (Å²) in [5.74, 6) is -1.59. The molecule has 2 saturated heterocycles. The van der Waals surface area contributed by atoms with Crippen LogP contribution in [0.1, 0.15) is 32.8 Å². The number of benzene rings is 3. The van der Waals surface area contributed by atoms with Crippen LogP contribution in [0.25, 0.3) is 0 Å². The predicted molar refractivity (Wildman–Crippen MR) is 166 cm³/mol. The Morgan fingerprint density at radius 3 is 2.14 bits per heavy atom. The van der Waals surface area contributed by atoms with Gasteiger partial charge >= 0.3 is 6.03 Å². The minimum atomic E-state index is -0.919. The molecule has 0 aliphatic carbocycles. The first-order chi connectivity index (χ1) is 20.5. The van der Waals surface area contributed by atoms with Crippen LogP contribution in [-0.2, 0) is 4.79 Å². The summed E-state index contributed by atoms with van der Waals surface area (Å²) in [5, 5.41) is 8.82. The Morgan fingerprint density at radius 2 is 1.50 bits per heavy atom. The Hall–Kier alpha value is -3.98. The third-order valence-electron chi connectivity index (χ3n) is 8.06. The van der Waals surface area contributed by atoms with Crippen molar-refractivity contribution in [3.8, 4) is 0 Å². The molecule has 1 aromatic heterocycles. The van der Waals surface area contributed by atoms with Gasteiger partial charge in [-0.3, -0.25) is 9.59 Å². The van der Waals surface area contributed by atoms with Crippen molar-refractivity contribution in [3.63, 3.8) is 0 Å². The first-order valence-electron chi connectivity index (χ1n) is 14.0. The number of piperazine rings is 1. The number of nitrogens with one attached hydrogen (secondary N) is 2. The van der Waals surface area contributed by atoms with Crippen LogP contribution in [0.3, 0.4) is 0 Å². The lowest BCUT2D eigenvalue weighted by Gasteiger charge is -2.36. The summed E-state index contributed by atoms with van der Waals surface area (Å²) in [6.45, 7) is 2.39. The van der Waals surface area contributed by atoms with Gasteiger partial charge < -0.3 is 20.4 Å². The van der Waals surface area contributed by atoms with Gasteiger partial charge in [0.1, 0.15) is 6.04 Å². The van der Waals surface area contributed by atoms with Gasteiger partial charge in [0.25, 0.3) is 0 Å². The van der Waals surface area contributed by atoms with E-state index in [1.165, 1.54) is 11.3 Å². The van der Waals surface area contributed by atoms with Gasteiger partial charge in [-0.1, -0.05) is 78.3 Å². The summed E-state index contributed by atoms with van der Waals surface area (Å²) in [7, 11) is 0. The Morgan fingerprint density at radius 1 is 0.833 bits per heavy atom. The summed E-state index contributed by atoms with van der Waals surface area (Å²) in [6, 6.07) is 27.5. The standard InChI is InChI=1S/C33H31ClN4O3S/c34-24-15-13-22(14-16-24)27-28(31(39)23-8-3-1-4-9-23)29(26-12-7-21-42-26)38(33(41)36-25-10-5-2-6-11-25)30(27)32(40)37-19-17-35-18-20-37/h1-16,21,27-30,35H,17-20H2,(H,36,41). The van der Waals surface area contributed by atoms with E-state index in [1.54, 1.807) is 29.2 Å². The molecule has 7 nitrogen and oxygen atoms in total. The summed E-state index contributed by atoms with van der Waals surface area (Å²) in [5.41, 5.74) is 1.95. The maximum Gasteiger partial charge on any atom is 0.323 e. The lowest BCUT2D eigenvalue weighted by Crippen LogP contribution is -2.55. The number of carbonyl (C=O) groups is 3. The molecule has 9 heteroatoms. The molecule has 0 spiro atoms. The number of halogens is 1. The molecule has 2 N–H and O–H groups in total. The molecule has 4 atom stereocenters. The van der Waals surface area contributed by atoms with Crippen molar-refractivity contribution in [1.29, 1.82) is 0 Å². The van der Waals surface area contributed by atoms with E-state index in [0.29, 0.717) is 42.5 Å². The van der Waals surface area contributed by atoms with Crippen molar-refractivity contribution in [1.82, 2.24) is 15.1 Å². The van der Waals surface area contributed by atoms with Crippen molar-refractivity contribution >= 4 is 46.3 Å². The van der Waals surface area contributed by atoms with Crippen molar-refractivity contribution in [2.45, 2.75) is 18.0 Å². The van der Waals surface area contributed by atoms with Crippen LogP contribution in [-0.4, -0.2) is 59.7 Å². The van der Waals surface area contributed by atoms with E-state index in [-0.39, 0.29) is 11.7 Å². The number of likely N-dealkylation sites (tertiary alicyclic amines) is 1. The monoisotopic (exact) mass is 598 g/mol. The number of amides is 3. The van der Waals surface area contributed by atoms with E-state index in [9.17, 15) is 14.4 Å². The van der Waals surface area contributed by atoms with Crippen molar-refractivity contribution in [2.75, 3.05) is 31.5 Å². The Bertz CT molecular complexity index is 1530. The van der Waals surface area contributed by atoms with E-state index >= 15 is 0 Å². The molecule has 2 aliphatic heterocycles. The predicted octanol–water partition coefficient (Wildman–Crippen LogP) is 6.07. The second-order valence-corrected chi connectivity index (χ2v) is 11.9. The van der Waals surface area contributed by atoms with Crippen LogP contribution in [0.5, 0.6) is 0 Å². The van der Waals surface area contributed by atoms with Crippen LogP contribution >= 0.6 is 22.9 Å². The van der Waals surface area contributed by atoms with Crippen LogP contribution < -0.4 is 10.6 Å². The Kier molecular flexibility index (Phi) is 8.37. The highest BCUT2D eigenvalue weighted by atomic mass is 35.5. The normalized spacial score (nSPS) is 22.1. The summed E-state index contributed by atoms with van der Waals surface area (Å²) < 4.78 is 0. The molecule has 214 valence electrons. The zero-order chi connectivity index (χ0) is 29.1. The van der Waals surface area contributed by atoms with Gasteiger partial charge in [0.15, 0.2) is 5.78 Å². The highest BCUT2D eigenvalue weighted by molar-refractivity contribution is 7.10. The molecule has 6 rings (SSSR count). The molecule has 2 aliphatic rings. The number of rotatable bonds is 6. The highest BCUT2D eigenvalue weighted by Crippen LogP contribution is 2.52. The quantitative estimate of drug-likeness (QED) is 0.264. The fourth-order valence-corrected chi connectivity index (χ4v) is 7.17. The number of nitrogens with zero attached hydrogens (tertiary/aromatic N) is 2. The fourth-order valence-electron chi connectivity index (χ4n) is 6.17. The summed E-state index contributed by atoms with van der Waals surface area (Å²) >= 11 is 7.77. The second-order valence-electron chi connectivity index (χ2n) is 10.5. The van der Waals surface area contributed by atoms with Crippen molar-refractivity contribution in [2.24, 2.45) is 5.92 Å². The van der Waals surface area contributed by atoms with Crippen LogP contribution in [0.15, 0.2) is 102 Å². The van der Waals surface area contributed by atoms with Crippen LogP contribution in [0.4, 0.5) is 10.5 Å². The molecule has 3 amide bonds. The molecule has 4 unspecified atom stereocenters. The second kappa shape index (κ2) is 12.5.